The van der Waals surface area contributed by atoms with E-state index in [0.717, 1.165) is 0 Å². The number of hydrogen-bond acceptors (Lipinski definition) is 3. The molecule has 26 heavy (non-hydrogen) atoms. The Morgan fingerprint density at radius 3 is 2.46 bits per heavy atom. The van der Waals surface area contributed by atoms with Crippen LogP contribution < -0.4 is 5.32 Å². The lowest BCUT2D eigenvalue weighted by Gasteiger charge is -2.19. The molecule has 2 rings (SSSR count). The molecule has 0 aliphatic rings. The molecule has 2 aromatic rings. The van der Waals surface area contributed by atoms with Crippen molar-refractivity contribution in [3.05, 3.63) is 59.2 Å². The smallest absolute Gasteiger partial charge is 0.255 e. The van der Waals surface area contributed by atoms with Crippen molar-refractivity contribution in [2.24, 2.45) is 0 Å². The molecule has 136 valence electrons. The molecule has 0 spiro atoms. The minimum Gasteiger partial charge on any atom is -0.322 e. The van der Waals surface area contributed by atoms with Crippen molar-refractivity contribution < 1.29 is 13.2 Å². The largest absolute Gasteiger partial charge is 0.322 e. The first-order chi connectivity index (χ1) is 12.3. The van der Waals surface area contributed by atoms with Gasteiger partial charge in [0.1, 0.15) is 0 Å². The molecule has 0 unspecified atom stereocenters. The number of carbonyl (C=O) groups excluding carboxylic acids is 1. The highest BCUT2D eigenvalue weighted by Crippen LogP contribution is 2.21. The van der Waals surface area contributed by atoms with Crippen LogP contribution in [0.4, 0.5) is 5.69 Å². The molecule has 0 aromatic heterocycles. The van der Waals surface area contributed by atoms with E-state index in [1.807, 2.05) is 0 Å². The Kier molecular flexibility index (Phi) is 6.19. The first kappa shape index (κ1) is 19.7. The summed E-state index contributed by atoms with van der Waals surface area (Å²) in [6.45, 7) is 6.06. The summed E-state index contributed by atoms with van der Waals surface area (Å²) in [5, 5.41) is 2.77. The summed E-state index contributed by atoms with van der Waals surface area (Å²) in [6.07, 6.45) is 5.37. The molecule has 0 aliphatic carbocycles. The summed E-state index contributed by atoms with van der Waals surface area (Å²) in [5.74, 6) is 2.13. The van der Waals surface area contributed by atoms with E-state index >= 15 is 0 Å². The number of amides is 1. The number of carbonyl (C=O) groups is 1. The number of benzene rings is 2. The van der Waals surface area contributed by atoms with Crippen LogP contribution in [-0.4, -0.2) is 31.7 Å². The second kappa shape index (κ2) is 8.17. The number of aryl methyl sites for hydroxylation is 1. The minimum absolute atomic E-state index is 0.106. The first-order valence-electron chi connectivity index (χ1n) is 8.32. The number of nitrogens with zero attached hydrogens (tertiary/aromatic N) is 1. The third kappa shape index (κ3) is 4.13. The molecule has 0 bridgehead atoms. The third-order valence-corrected chi connectivity index (χ3v) is 6.13. The second-order valence-electron chi connectivity index (χ2n) is 5.75. The zero-order chi connectivity index (χ0) is 19.3. The highest BCUT2D eigenvalue weighted by molar-refractivity contribution is 7.89. The molecule has 5 nitrogen and oxygen atoms in total. The molecule has 0 fully saturated rings. The van der Waals surface area contributed by atoms with Crippen LogP contribution in [0.3, 0.4) is 0 Å². The van der Waals surface area contributed by atoms with E-state index in [-0.39, 0.29) is 10.8 Å². The van der Waals surface area contributed by atoms with E-state index < -0.39 is 10.0 Å². The highest BCUT2D eigenvalue weighted by Gasteiger charge is 2.23. The maximum atomic E-state index is 12.7. The molecule has 0 saturated carbocycles. The highest BCUT2D eigenvalue weighted by atomic mass is 32.2. The van der Waals surface area contributed by atoms with E-state index in [2.05, 4.69) is 11.2 Å². The fourth-order valence-electron chi connectivity index (χ4n) is 2.60. The Balaban J connectivity index is 2.38. The predicted octanol–water partition coefficient (Wildman–Crippen LogP) is 3.26. The monoisotopic (exact) mass is 370 g/mol. The third-order valence-electron chi connectivity index (χ3n) is 4.08. The lowest BCUT2D eigenvalue weighted by molar-refractivity contribution is 0.102. The molecule has 6 heteroatoms. The van der Waals surface area contributed by atoms with Gasteiger partial charge in [-0.1, -0.05) is 31.9 Å². The zero-order valence-electron chi connectivity index (χ0n) is 15.1. The first-order valence-corrected chi connectivity index (χ1v) is 9.76. The topological polar surface area (TPSA) is 66.5 Å². The van der Waals surface area contributed by atoms with Crippen molar-refractivity contribution in [3.63, 3.8) is 0 Å². The molecule has 0 atom stereocenters. The van der Waals surface area contributed by atoms with Crippen LogP contribution in [0.25, 0.3) is 0 Å². The Labute approximate surface area is 155 Å². The van der Waals surface area contributed by atoms with Crippen molar-refractivity contribution in [1.29, 1.82) is 0 Å². The van der Waals surface area contributed by atoms with E-state index in [1.165, 1.54) is 16.4 Å². The van der Waals surface area contributed by atoms with Gasteiger partial charge in [-0.25, -0.2) is 8.42 Å². The van der Waals surface area contributed by atoms with E-state index in [1.54, 1.807) is 51.1 Å². The number of sulfonamides is 1. The maximum Gasteiger partial charge on any atom is 0.255 e. The average Bonchev–Trinajstić information content (AvgIpc) is 2.62. The summed E-state index contributed by atoms with van der Waals surface area (Å²) in [5.41, 5.74) is 2.21. The Bertz CT molecular complexity index is 955. The van der Waals surface area contributed by atoms with Crippen LogP contribution in [0.1, 0.15) is 35.3 Å². The van der Waals surface area contributed by atoms with Gasteiger partial charge in [0.2, 0.25) is 10.0 Å². The fourth-order valence-corrected chi connectivity index (χ4v) is 4.09. The average molecular weight is 370 g/mol. The molecule has 1 amide bonds. The summed E-state index contributed by atoms with van der Waals surface area (Å²) in [4.78, 5) is 12.8. The Morgan fingerprint density at radius 2 is 1.85 bits per heavy atom. The molecular formula is C20H22N2O3S. The molecule has 0 heterocycles. The van der Waals surface area contributed by atoms with Crippen molar-refractivity contribution >= 4 is 21.6 Å². The quantitative estimate of drug-likeness (QED) is 0.794. The van der Waals surface area contributed by atoms with Gasteiger partial charge < -0.3 is 5.32 Å². The summed E-state index contributed by atoms with van der Waals surface area (Å²) in [6, 6.07) is 11.5. The SMILES string of the molecule is C#Cc1cccc(NC(=O)c2cc(S(=O)(=O)N(CC)CC)ccc2C)c1. The standard InChI is InChI=1S/C20H22N2O3S/c1-5-16-9-8-10-17(13-16)21-20(23)19-14-18(12-11-15(19)4)26(24,25)22(6-2)7-3/h1,8-14H,6-7H2,2-4H3,(H,21,23). The number of anilines is 1. The van der Waals surface area contributed by atoms with E-state index in [0.29, 0.717) is 35.5 Å². The van der Waals surface area contributed by atoms with Crippen LogP contribution >= 0.6 is 0 Å². The van der Waals surface area contributed by atoms with Gasteiger partial charge in [0, 0.05) is 29.9 Å². The molecule has 2 aromatic carbocycles. The lowest BCUT2D eigenvalue weighted by Crippen LogP contribution is -2.30. The Morgan fingerprint density at radius 1 is 1.15 bits per heavy atom. The number of terminal acetylenes is 1. The van der Waals surface area contributed by atoms with Crippen LogP contribution in [0.15, 0.2) is 47.4 Å². The van der Waals surface area contributed by atoms with Gasteiger partial charge in [-0.05, 0) is 42.8 Å². The zero-order valence-corrected chi connectivity index (χ0v) is 15.9. The van der Waals surface area contributed by atoms with Gasteiger partial charge in [0.15, 0.2) is 0 Å². The van der Waals surface area contributed by atoms with Gasteiger partial charge in [0.05, 0.1) is 4.90 Å². The van der Waals surface area contributed by atoms with Gasteiger partial charge in [0.25, 0.3) is 5.91 Å². The normalized spacial score (nSPS) is 11.2. The Hall–Kier alpha value is -2.62. The van der Waals surface area contributed by atoms with Crippen LogP contribution in [0, 0.1) is 19.3 Å². The molecule has 0 saturated heterocycles. The predicted molar refractivity (Wildman–Crippen MR) is 104 cm³/mol. The van der Waals surface area contributed by atoms with Crippen molar-refractivity contribution in [1.82, 2.24) is 4.31 Å². The van der Waals surface area contributed by atoms with Crippen molar-refractivity contribution in [2.45, 2.75) is 25.7 Å². The maximum absolute atomic E-state index is 12.7. The van der Waals surface area contributed by atoms with Gasteiger partial charge in [-0.3, -0.25) is 4.79 Å². The number of rotatable bonds is 6. The molecule has 0 radical (unpaired) electrons. The molecule has 0 aliphatic heterocycles. The van der Waals surface area contributed by atoms with Crippen molar-refractivity contribution in [2.75, 3.05) is 18.4 Å². The van der Waals surface area contributed by atoms with Crippen molar-refractivity contribution in [3.8, 4) is 12.3 Å². The van der Waals surface area contributed by atoms with Crippen LogP contribution in [0.2, 0.25) is 0 Å². The van der Waals surface area contributed by atoms with Crippen LogP contribution in [0.5, 0.6) is 0 Å². The number of hydrogen-bond donors (Lipinski definition) is 1. The lowest BCUT2D eigenvalue weighted by atomic mass is 10.1. The van der Waals surface area contributed by atoms with E-state index in [9.17, 15) is 13.2 Å². The minimum atomic E-state index is -3.63. The number of nitrogens with one attached hydrogen (secondary N) is 1. The van der Waals surface area contributed by atoms with E-state index in [4.69, 9.17) is 6.42 Å². The molecule has 1 N–H and O–H groups in total. The summed E-state index contributed by atoms with van der Waals surface area (Å²) >= 11 is 0. The van der Waals surface area contributed by atoms with Gasteiger partial charge in [-0.15, -0.1) is 6.42 Å². The van der Waals surface area contributed by atoms with Crippen LogP contribution in [-0.2, 0) is 10.0 Å². The second-order valence-corrected chi connectivity index (χ2v) is 7.68. The summed E-state index contributed by atoms with van der Waals surface area (Å²) < 4.78 is 26.7. The summed E-state index contributed by atoms with van der Waals surface area (Å²) in [7, 11) is -3.63. The van der Waals surface area contributed by atoms with Gasteiger partial charge >= 0.3 is 0 Å². The molecular weight excluding hydrogens is 348 g/mol. The fraction of sp³-hybridized carbons (Fsp3) is 0.250. The van der Waals surface area contributed by atoms with Gasteiger partial charge in [-0.2, -0.15) is 4.31 Å².